The minimum absolute atomic E-state index is 0.0666. The number of rotatable bonds is 8. The number of carbonyl (C=O) groups excluding carboxylic acids is 2. The number of hydrogen-bond donors (Lipinski definition) is 1. The van der Waals surface area contributed by atoms with E-state index >= 15 is 0 Å². The minimum Gasteiger partial charge on any atom is -0.465 e. The third kappa shape index (κ3) is 5.04. The highest BCUT2D eigenvalue weighted by atomic mass is 32.2. The molecule has 1 amide bonds. The molecule has 1 aromatic rings. The zero-order valence-electron chi connectivity index (χ0n) is 15.2. The summed E-state index contributed by atoms with van der Waals surface area (Å²) >= 11 is 0. The standard InChI is InChI=1S/C18H26N2O5S/c1-3-12-26(23,24)20-11-5-8-16(20)17(21)19-10-9-14-6-4-7-15(13-14)18(22)25-2/h4,6-7,13,16H,3,5,8-12H2,1-2H3,(H,19,21)/t16-/m1/s1. The van der Waals surface area contributed by atoms with Crippen molar-refractivity contribution in [3.8, 4) is 0 Å². The van der Waals surface area contributed by atoms with E-state index in [0.717, 1.165) is 5.56 Å². The van der Waals surface area contributed by atoms with Crippen molar-refractivity contribution in [2.45, 2.75) is 38.6 Å². The van der Waals surface area contributed by atoms with Crippen molar-refractivity contribution in [2.75, 3.05) is 26.0 Å². The Hall–Kier alpha value is -1.93. The van der Waals surface area contributed by atoms with E-state index in [9.17, 15) is 18.0 Å². The van der Waals surface area contributed by atoms with Gasteiger partial charge < -0.3 is 10.1 Å². The molecule has 1 saturated heterocycles. The first-order valence-corrected chi connectivity index (χ1v) is 10.4. The molecule has 1 N–H and O–H groups in total. The second-order valence-electron chi connectivity index (χ2n) is 6.32. The second kappa shape index (κ2) is 9.14. The van der Waals surface area contributed by atoms with E-state index in [1.54, 1.807) is 18.2 Å². The Morgan fingerprint density at radius 2 is 2.12 bits per heavy atom. The molecule has 0 bridgehead atoms. The highest BCUT2D eigenvalue weighted by Gasteiger charge is 2.37. The topological polar surface area (TPSA) is 92.8 Å². The van der Waals surface area contributed by atoms with Gasteiger partial charge in [0.25, 0.3) is 0 Å². The number of ether oxygens (including phenoxy) is 1. The van der Waals surface area contributed by atoms with E-state index in [4.69, 9.17) is 4.74 Å². The van der Waals surface area contributed by atoms with Gasteiger partial charge in [0.05, 0.1) is 18.4 Å². The summed E-state index contributed by atoms with van der Waals surface area (Å²) < 4.78 is 30.6. The molecule has 0 spiro atoms. The fourth-order valence-corrected chi connectivity index (χ4v) is 4.88. The highest BCUT2D eigenvalue weighted by Crippen LogP contribution is 2.22. The van der Waals surface area contributed by atoms with Gasteiger partial charge in [-0.25, -0.2) is 13.2 Å². The molecule has 0 aromatic heterocycles. The molecule has 0 saturated carbocycles. The van der Waals surface area contributed by atoms with Crippen LogP contribution in [0.3, 0.4) is 0 Å². The molecule has 1 aliphatic rings. The van der Waals surface area contributed by atoms with E-state index in [-0.39, 0.29) is 11.7 Å². The van der Waals surface area contributed by atoms with Crippen molar-refractivity contribution in [1.82, 2.24) is 9.62 Å². The first-order valence-electron chi connectivity index (χ1n) is 8.83. The maximum atomic E-state index is 12.4. The Morgan fingerprint density at radius 3 is 2.81 bits per heavy atom. The first-order chi connectivity index (χ1) is 12.4. The Balaban J connectivity index is 1.91. The molecule has 0 aliphatic carbocycles. The first kappa shape index (κ1) is 20.4. The van der Waals surface area contributed by atoms with E-state index in [1.165, 1.54) is 11.4 Å². The van der Waals surface area contributed by atoms with Gasteiger partial charge in [-0.2, -0.15) is 4.31 Å². The zero-order chi connectivity index (χ0) is 19.2. The van der Waals surface area contributed by atoms with Gasteiger partial charge >= 0.3 is 5.97 Å². The van der Waals surface area contributed by atoms with Crippen molar-refractivity contribution in [2.24, 2.45) is 0 Å². The molecule has 1 heterocycles. The lowest BCUT2D eigenvalue weighted by Gasteiger charge is -2.23. The summed E-state index contributed by atoms with van der Waals surface area (Å²) in [5, 5.41) is 2.82. The zero-order valence-corrected chi connectivity index (χ0v) is 16.0. The largest absolute Gasteiger partial charge is 0.465 e. The van der Waals surface area contributed by atoms with E-state index < -0.39 is 22.0 Å². The molecule has 2 rings (SSSR count). The number of carbonyl (C=O) groups is 2. The lowest BCUT2D eigenvalue weighted by molar-refractivity contribution is -0.124. The molecule has 144 valence electrons. The van der Waals surface area contributed by atoms with E-state index in [1.807, 2.05) is 13.0 Å². The van der Waals surface area contributed by atoms with Crippen LogP contribution in [0.5, 0.6) is 0 Å². The fraction of sp³-hybridized carbons (Fsp3) is 0.556. The van der Waals surface area contributed by atoms with Crippen LogP contribution in [0.25, 0.3) is 0 Å². The number of nitrogens with zero attached hydrogens (tertiary/aromatic N) is 1. The van der Waals surface area contributed by atoms with E-state index in [0.29, 0.717) is 44.3 Å². The molecule has 8 heteroatoms. The minimum atomic E-state index is -3.38. The summed E-state index contributed by atoms with van der Waals surface area (Å²) in [5.74, 6) is -0.596. The SMILES string of the molecule is CCCS(=O)(=O)N1CCC[C@@H]1C(=O)NCCc1cccc(C(=O)OC)c1. The summed E-state index contributed by atoms with van der Waals surface area (Å²) in [6.07, 6.45) is 2.32. The smallest absolute Gasteiger partial charge is 0.337 e. The molecule has 1 atom stereocenters. The molecular weight excluding hydrogens is 356 g/mol. The number of methoxy groups -OCH3 is 1. The molecule has 1 aromatic carbocycles. The van der Waals surface area contributed by atoms with Gasteiger partial charge in [0, 0.05) is 13.1 Å². The van der Waals surface area contributed by atoms with Gasteiger partial charge in [-0.1, -0.05) is 19.1 Å². The van der Waals surface area contributed by atoms with Gasteiger partial charge in [-0.05, 0) is 43.4 Å². The predicted octanol–water partition coefficient (Wildman–Crippen LogP) is 1.34. The summed E-state index contributed by atoms with van der Waals surface area (Å²) in [7, 11) is -2.05. The molecule has 1 fully saturated rings. The number of nitrogens with one attached hydrogen (secondary N) is 1. The van der Waals surface area contributed by atoms with Crippen LogP contribution < -0.4 is 5.32 Å². The van der Waals surface area contributed by atoms with Gasteiger partial charge in [0.2, 0.25) is 15.9 Å². The van der Waals surface area contributed by atoms with Crippen LogP contribution in [0.15, 0.2) is 24.3 Å². The average Bonchev–Trinajstić information content (AvgIpc) is 3.12. The molecule has 1 aliphatic heterocycles. The van der Waals surface area contributed by atoms with Crippen molar-refractivity contribution in [1.29, 1.82) is 0 Å². The maximum Gasteiger partial charge on any atom is 0.337 e. The van der Waals surface area contributed by atoms with Crippen LogP contribution >= 0.6 is 0 Å². The van der Waals surface area contributed by atoms with Crippen LogP contribution in [0.4, 0.5) is 0 Å². The van der Waals surface area contributed by atoms with Crippen LogP contribution in [0.1, 0.15) is 42.1 Å². The summed E-state index contributed by atoms with van der Waals surface area (Å²) in [6, 6.07) is 6.41. The highest BCUT2D eigenvalue weighted by molar-refractivity contribution is 7.89. The van der Waals surface area contributed by atoms with Crippen LogP contribution in [0, 0.1) is 0 Å². The number of sulfonamides is 1. The van der Waals surface area contributed by atoms with Crippen molar-refractivity contribution in [3.63, 3.8) is 0 Å². The summed E-state index contributed by atoms with van der Waals surface area (Å²) in [5.41, 5.74) is 1.36. The Morgan fingerprint density at radius 1 is 1.35 bits per heavy atom. The van der Waals surface area contributed by atoms with Gasteiger partial charge in [0.1, 0.15) is 6.04 Å². The molecule has 0 unspecified atom stereocenters. The van der Waals surface area contributed by atoms with Crippen LogP contribution in [-0.2, 0) is 26.0 Å². The van der Waals surface area contributed by atoms with Crippen LogP contribution in [-0.4, -0.2) is 56.6 Å². The monoisotopic (exact) mass is 382 g/mol. The summed E-state index contributed by atoms with van der Waals surface area (Å²) in [4.78, 5) is 24.0. The molecule has 26 heavy (non-hydrogen) atoms. The molecule has 7 nitrogen and oxygen atoms in total. The van der Waals surface area contributed by atoms with Gasteiger partial charge in [0.15, 0.2) is 0 Å². The number of esters is 1. The lowest BCUT2D eigenvalue weighted by Crippen LogP contribution is -2.46. The Labute approximate surface area is 154 Å². The van der Waals surface area contributed by atoms with Gasteiger partial charge in [-0.3, -0.25) is 4.79 Å². The Bertz CT molecular complexity index is 748. The third-order valence-electron chi connectivity index (χ3n) is 4.39. The summed E-state index contributed by atoms with van der Waals surface area (Å²) in [6.45, 7) is 2.59. The van der Waals surface area contributed by atoms with Crippen molar-refractivity contribution in [3.05, 3.63) is 35.4 Å². The predicted molar refractivity (Wildman–Crippen MR) is 98.3 cm³/mol. The van der Waals surface area contributed by atoms with Gasteiger partial charge in [-0.15, -0.1) is 0 Å². The molecule has 0 radical (unpaired) electrons. The quantitative estimate of drug-likeness (QED) is 0.685. The van der Waals surface area contributed by atoms with E-state index in [2.05, 4.69) is 5.32 Å². The number of hydrogen-bond acceptors (Lipinski definition) is 5. The van der Waals surface area contributed by atoms with Crippen molar-refractivity contribution < 1.29 is 22.7 Å². The second-order valence-corrected chi connectivity index (χ2v) is 8.36. The molecular formula is C18H26N2O5S. The maximum absolute atomic E-state index is 12.4. The lowest BCUT2D eigenvalue weighted by atomic mass is 10.1. The number of benzene rings is 1. The Kier molecular flexibility index (Phi) is 7.16. The normalized spacial score (nSPS) is 17.8. The average molecular weight is 382 g/mol. The number of amides is 1. The third-order valence-corrected chi connectivity index (χ3v) is 6.46. The van der Waals surface area contributed by atoms with Crippen molar-refractivity contribution >= 4 is 21.9 Å². The van der Waals surface area contributed by atoms with Crippen LogP contribution in [0.2, 0.25) is 0 Å². The fourth-order valence-electron chi connectivity index (χ4n) is 3.13.